The first-order chi connectivity index (χ1) is 8.08. The number of likely N-dealkylation sites (tertiary alicyclic amines) is 1. The molecule has 0 bridgehead atoms. The molecule has 0 aromatic rings. The summed E-state index contributed by atoms with van der Waals surface area (Å²) in [4.78, 5) is 14.3. The molecule has 4 atom stereocenters. The van der Waals surface area contributed by atoms with Crippen molar-refractivity contribution in [3.8, 4) is 0 Å². The van der Waals surface area contributed by atoms with Gasteiger partial charge in [0.15, 0.2) is 0 Å². The fourth-order valence-corrected chi connectivity index (χ4v) is 2.85. The largest absolute Gasteiger partial charge is 0.393 e. The normalized spacial score (nSPS) is 39.1. The van der Waals surface area contributed by atoms with Crippen LogP contribution in [-0.2, 0) is 4.79 Å². The van der Waals surface area contributed by atoms with Gasteiger partial charge in [0, 0.05) is 13.1 Å². The van der Waals surface area contributed by atoms with E-state index in [1.165, 1.54) is 6.42 Å². The lowest BCUT2D eigenvalue weighted by molar-refractivity contribution is -0.137. The Bertz CT molecular complexity index is 283. The van der Waals surface area contributed by atoms with Crippen LogP contribution < -0.4 is 5.32 Å². The molecule has 0 radical (unpaired) electrons. The van der Waals surface area contributed by atoms with Gasteiger partial charge in [0.25, 0.3) is 0 Å². The van der Waals surface area contributed by atoms with Gasteiger partial charge in [0.2, 0.25) is 5.91 Å². The summed E-state index contributed by atoms with van der Waals surface area (Å²) in [6.07, 6.45) is 2.60. The van der Waals surface area contributed by atoms with E-state index in [2.05, 4.69) is 12.2 Å². The molecule has 2 rings (SSSR count). The van der Waals surface area contributed by atoms with Gasteiger partial charge in [-0.3, -0.25) is 4.79 Å². The molecule has 98 valence electrons. The average Bonchev–Trinajstić information content (AvgIpc) is 2.32. The number of aliphatic hydroxyl groups excluding tert-OH is 1. The molecule has 2 aliphatic heterocycles. The predicted molar refractivity (Wildman–Crippen MR) is 66.6 cm³/mol. The highest BCUT2D eigenvalue weighted by Crippen LogP contribution is 2.21. The van der Waals surface area contributed by atoms with Gasteiger partial charge < -0.3 is 15.3 Å². The number of carbonyl (C=O) groups is 1. The van der Waals surface area contributed by atoms with Gasteiger partial charge in [-0.1, -0.05) is 13.8 Å². The lowest BCUT2D eigenvalue weighted by Crippen LogP contribution is -2.54. The molecule has 2 fully saturated rings. The minimum atomic E-state index is -0.239. The van der Waals surface area contributed by atoms with E-state index < -0.39 is 0 Å². The van der Waals surface area contributed by atoms with Crippen LogP contribution in [0, 0.1) is 11.8 Å². The number of piperidine rings is 2. The van der Waals surface area contributed by atoms with Crippen LogP contribution in [0.15, 0.2) is 0 Å². The van der Waals surface area contributed by atoms with Gasteiger partial charge in [-0.05, 0) is 37.6 Å². The highest BCUT2D eigenvalue weighted by Gasteiger charge is 2.32. The Morgan fingerprint density at radius 3 is 2.76 bits per heavy atom. The summed E-state index contributed by atoms with van der Waals surface area (Å²) in [5.41, 5.74) is 0. The number of nitrogens with one attached hydrogen (secondary N) is 1. The summed E-state index contributed by atoms with van der Waals surface area (Å²) in [6.45, 7) is 6.58. The smallest absolute Gasteiger partial charge is 0.239 e. The summed E-state index contributed by atoms with van der Waals surface area (Å²) >= 11 is 0. The first kappa shape index (κ1) is 12.8. The first-order valence-corrected chi connectivity index (χ1v) is 6.78. The molecule has 0 aromatic heterocycles. The summed E-state index contributed by atoms with van der Waals surface area (Å²) in [6, 6.07) is 0.00110. The van der Waals surface area contributed by atoms with Crippen LogP contribution in [0.4, 0.5) is 0 Å². The highest BCUT2D eigenvalue weighted by molar-refractivity contribution is 5.82. The molecule has 17 heavy (non-hydrogen) atoms. The molecular weight excluding hydrogens is 216 g/mol. The monoisotopic (exact) mass is 240 g/mol. The van der Waals surface area contributed by atoms with Crippen molar-refractivity contribution in [2.45, 2.75) is 45.3 Å². The maximum Gasteiger partial charge on any atom is 0.239 e. The van der Waals surface area contributed by atoms with E-state index in [0.717, 1.165) is 19.4 Å². The molecular formula is C13H24N2O2. The third-order valence-electron chi connectivity index (χ3n) is 4.14. The molecule has 2 N–H and O–H groups in total. The van der Waals surface area contributed by atoms with Gasteiger partial charge in [0.05, 0.1) is 12.1 Å². The Labute approximate surface area is 103 Å². The SMILES string of the molecule is CC1CCNC(C(=O)N2CCC(O)C(C)C2)C1. The average molecular weight is 240 g/mol. The summed E-state index contributed by atoms with van der Waals surface area (Å²) in [7, 11) is 0. The topological polar surface area (TPSA) is 52.6 Å². The predicted octanol–water partition coefficient (Wildman–Crippen LogP) is 0.604. The third-order valence-corrected chi connectivity index (χ3v) is 4.14. The zero-order chi connectivity index (χ0) is 12.4. The van der Waals surface area contributed by atoms with Crippen molar-refractivity contribution in [3.63, 3.8) is 0 Å². The Kier molecular flexibility index (Phi) is 4.05. The van der Waals surface area contributed by atoms with Crippen molar-refractivity contribution in [2.75, 3.05) is 19.6 Å². The van der Waals surface area contributed by atoms with Crippen LogP contribution >= 0.6 is 0 Å². The molecule has 4 nitrogen and oxygen atoms in total. The van der Waals surface area contributed by atoms with Gasteiger partial charge >= 0.3 is 0 Å². The Balaban J connectivity index is 1.91. The van der Waals surface area contributed by atoms with Crippen LogP contribution in [0.1, 0.15) is 33.1 Å². The van der Waals surface area contributed by atoms with Gasteiger partial charge in [-0.15, -0.1) is 0 Å². The van der Waals surface area contributed by atoms with E-state index in [-0.39, 0.29) is 24.0 Å². The molecule has 4 unspecified atom stereocenters. The highest BCUT2D eigenvalue weighted by atomic mass is 16.3. The standard InChI is InChI=1S/C13H24N2O2/c1-9-3-5-14-11(7-9)13(17)15-6-4-12(16)10(2)8-15/h9-12,14,16H,3-8H2,1-2H3. The quantitative estimate of drug-likeness (QED) is 0.706. The second-order valence-corrected chi connectivity index (χ2v) is 5.75. The number of hydrogen-bond acceptors (Lipinski definition) is 3. The third kappa shape index (κ3) is 2.99. The summed E-state index contributed by atoms with van der Waals surface area (Å²) in [5, 5.41) is 13.0. The number of rotatable bonds is 1. The van der Waals surface area contributed by atoms with E-state index in [1.54, 1.807) is 0 Å². The fourth-order valence-electron chi connectivity index (χ4n) is 2.85. The maximum atomic E-state index is 12.3. The fraction of sp³-hybridized carbons (Fsp3) is 0.923. The Morgan fingerprint density at radius 2 is 2.12 bits per heavy atom. The number of aliphatic hydroxyl groups is 1. The number of carbonyl (C=O) groups excluding carboxylic acids is 1. The second kappa shape index (κ2) is 5.36. The molecule has 2 heterocycles. The van der Waals surface area contributed by atoms with Crippen LogP contribution in [0.2, 0.25) is 0 Å². The van der Waals surface area contributed by atoms with Crippen molar-refractivity contribution in [2.24, 2.45) is 11.8 Å². The van der Waals surface area contributed by atoms with Crippen molar-refractivity contribution in [3.05, 3.63) is 0 Å². The zero-order valence-electron chi connectivity index (χ0n) is 10.9. The summed E-state index contributed by atoms with van der Waals surface area (Å²) < 4.78 is 0. The molecule has 2 aliphatic rings. The van der Waals surface area contributed by atoms with Crippen molar-refractivity contribution >= 4 is 5.91 Å². The molecule has 0 saturated carbocycles. The van der Waals surface area contributed by atoms with Gasteiger partial charge in [-0.25, -0.2) is 0 Å². The van der Waals surface area contributed by atoms with E-state index in [9.17, 15) is 9.90 Å². The van der Waals surface area contributed by atoms with Crippen molar-refractivity contribution in [1.29, 1.82) is 0 Å². The van der Waals surface area contributed by atoms with E-state index in [4.69, 9.17) is 0 Å². The minimum absolute atomic E-state index is 0.00110. The van der Waals surface area contributed by atoms with Crippen LogP contribution in [0.25, 0.3) is 0 Å². The molecule has 0 spiro atoms. The molecule has 0 aromatic carbocycles. The lowest BCUT2D eigenvalue weighted by atomic mass is 9.91. The Hall–Kier alpha value is -0.610. The van der Waals surface area contributed by atoms with E-state index in [1.807, 2.05) is 11.8 Å². The van der Waals surface area contributed by atoms with Crippen LogP contribution in [0.5, 0.6) is 0 Å². The number of amides is 1. The minimum Gasteiger partial charge on any atom is -0.393 e. The molecule has 0 aliphatic carbocycles. The molecule has 2 saturated heterocycles. The second-order valence-electron chi connectivity index (χ2n) is 5.75. The van der Waals surface area contributed by atoms with Crippen molar-refractivity contribution < 1.29 is 9.90 Å². The Morgan fingerprint density at radius 1 is 1.35 bits per heavy atom. The summed E-state index contributed by atoms with van der Waals surface area (Å²) in [5.74, 6) is 1.07. The van der Waals surface area contributed by atoms with Crippen LogP contribution in [0.3, 0.4) is 0 Å². The molecule has 1 amide bonds. The lowest BCUT2D eigenvalue weighted by Gasteiger charge is -2.38. The first-order valence-electron chi connectivity index (χ1n) is 6.78. The molecule has 4 heteroatoms. The van der Waals surface area contributed by atoms with Gasteiger partial charge in [0.1, 0.15) is 0 Å². The van der Waals surface area contributed by atoms with E-state index >= 15 is 0 Å². The van der Waals surface area contributed by atoms with Crippen LogP contribution in [-0.4, -0.2) is 47.7 Å². The van der Waals surface area contributed by atoms with Gasteiger partial charge in [-0.2, -0.15) is 0 Å². The maximum absolute atomic E-state index is 12.3. The van der Waals surface area contributed by atoms with Crippen molar-refractivity contribution in [1.82, 2.24) is 10.2 Å². The zero-order valence-corrected chi connectivity index (χ0v) is 10.9. The number of hydrogen-bond donors (Lipinski definition) is 2. The van der Waals surface area contributed by atoms with E-state index in [0.29, 0.717) is 19.0 Å². The number of nitrogens with zero attached hydrogens (tertiary/aromatic N) is 1.